The number of nitrogens with two attached hydrogens (primary N) is 1. The highest BCUT2D eigenvalue weighted by atomic mass is 32.1. The fourth-order valence-electron chi connectivity index (χ4n) is 3.30. The molecule has 0 saturated heterocycles. The van der Waals surface area contributed by atoms with Crippen molar-refractivity contribution in [3.63, 3.8) is 0 Å². The Kier molecular flexibility index (Phi) is 5.14. The molecule has 0 bridgehead atoms. The highest BCUT2D eigenvalue weighted by Crippen LogP contribution is 2.43. The molecule has 0 amide bonds. The molecule has 3 N–H and O–H groups in total. The molecule has 3 aromatic heterocycles. The Labute approximate surface area is 170 Å². The van der Waals surface area contributed by atoms with Gasteiger partial charge in [0.15, 0.2) is 5.84 Å². The Morgan fingerprint density at radius 2 is 2.17 bits per heavy atom. The van der Waals surface area contributed by atoms with Crippen molar-refractivity contribution in [3.05, 3.63) is 53.0 Å². The van der Waals surface area contributed by atoms with Gasteiger partial charge in [0.05, 0.1) is 10.6 Å². The lowest BCUT2D eigenvalue weighted by Gasteiger charge is -2.41. The first-order valence-electron chi connectivity index (χ1n) is 8.99. The van der Waals surface area contributed by atoms with Crippen molar-refractivity contribution >= 4 is 23.0 Å². The van der Waals surface area contributed by atoms with Crippen LogP contribution in [0.15, 0.2) is 41.7 Å². The molecular weight excluding hydrogens is 391 g/mol. The van der Waals surface area contributed by atoms with Crippen LogP contribution in [0.4, 0.5) is 10.2 Å². The summed E-state index contributed by atoms with van der Waals surface area (Å²) in [6, 6.07) is 6.65. The zero-order valence-electron chi connectivity index (χ0n) is 15.3. The van der Waals surface area contributed by atoms with Gasteiger partial charge in [-0.25, -0.2) is 9.37 Å². The van der Waals surface area contributed by atoms with Gasteiger partial charge in [0.2, 0.25) is 6.19 Å². The maximum atomic E-state index is 14.2. The van der Waals surface area contributed by atoms with E-state index < -0.39 is 0 Å². The second-order valence-electron chi connectivity index (χ2n) is 6.75. The summed E-state index contributed by atoms with van der Waals surface area (Å²) >= 11 is 1.28. The SMILES string of the molecule is N#C/N=C(/N)c1cnc(-c2ccc(NCC3(c4ncccc4F)CCC3)nn2)s1. The summed E-state index contributed by atoms with van der Waals surface area (Å²) in [5, 5.41) is 20.9. The zero-order chi connectivity index (χ0) is 20.3. The number of amidine groups is 1. The minimum atomic E-state index is -0.312. The van der Waals surface area contributed by atoms with Crippen molar-refractivity contribution in [2.24, 2.45) is 10.7 Å². The second-order valence-corrected chi connectivity index (χ2v) is 7.78. The van der Waals surface area contributed by atoms with E-state index in [0.717, 1.165) is 19.3 Å². The molecule has 1 fully saturated rings. The molecule has 1 saturated carbocycles. The monoisotopic (exact) mass is 408 g/mol. The third-order valence-corrected chi connectivity index (χ3v) is 6.03. The van der Waals surface area contributed by atoms with Gasteiger partial charge in [-0.05, 0) is 37.1 Å². The number of anilines is 1. The number of halogens is 1. The van der Waals surface area contributed by atoms with Gasteiger partial charge in [0.1, 0.15) is 22.3 Å². The molecule has 3 aromatic rings. The van der Waals surface area contributed by atoms with Crippen molar-refractivity contribution in [2.45, 2.75) is 24.7 Å². The molecule has 0 unspecified atom stereocenters. The molecule has 29 heavy (non-hydrogen) atoms. The largest absolute Gasteiger partial charge is 0.382 e. The van der Waals surface area contributed by atoms with Crippen molar-refractivity contribution in [1.82, 2.24) is 20.2 Å². The van der Waals surface area contributed by atoms with E-state index in [4.69, 9.17) is 11.0 Å². The summed E-state index contributed by atoms with van der Waals surface area (Å²) in [4.78, 5) is 12.6. The highest BCUT2D eigenvalue weighted by molar-refractivity contribution is 7.16. The Bertz CT molecular complexity index is 1080. The molecule has 1 aliphatic rings. The van der Waals surface area contributed by atoms with Gasteiger partial charge in [0.25, 0.3) is 0 Å². The number of hydrogen-bond acceptors (Lipinski definition) is 8. The first-order chi connectivity index (χ1) is 14.1. The number of nitriles is 1. The van der Waals surface area contributed by atoms with E-state index in [0.29, 0.717) is 33.6 Å². The normalized spacial score (nSPS) is 15.4. The van der Waals surface area contributed by atoms with Gasteiger partial charge in [-0.2, -0.15) is 10.3 Å². The fourth-order valence-corrected chi connectivity index (χ4v) is 4.08. The third kappa shape index (κ3) is 3.77. The average molecular weight is 408 g/mol. The summed E-state index contributed by atoms with van der Waals surface area (Å²) in [5.74, 6) is 0.447. The van der Waals surface area contributed by atoms with E-state index in [2.05, 4.69) is 30.5 Å². The van der Waals surface area contributed by atoms with Gasteiger partial charge in [0, 0.05) is 24.4 Å². The van der Waals surface area contributed by atoms with Gasteiger partial charge < -0.3 is 11.1 Å². The maximum absolute atomic E-state index is 14.2. The summed E-state index contributed by atoms with van der Waals surface area (Å²) in [5.41, 5.74) is 6.48. The maximum Gasteiger partial charge on any atom is 0.207 e. The van der Waals surface area contributed by atoms with Crippen LogP contribution in [0.2, 0.25) is 0 Å². The van der Waals surface area contributed by atoms with E-state index in [1.165, 1.54) is 17.4 Å². The number of hydrogen-bond donors (Lipinski definition) is 2. The van der Waals surface area contributed by atoms with Crippen molar-refractivity contribution in [1.29, 1.82) is 5.26 Å². The summed E-state index contributed by atoms with van der Waals surface area (Å²) in [6.07, 6.45) is 7.64. The van der Waals surface area contributed by atoms with Crippen LogP contribution in [0.1, 0.15) is 29.8 Å². The average Bonchev–Trinajstić information content (AvgIpc) is 3.19. The summed E-state index contributed by atoms with van der Waals surface area (Å²) in [7, 11) is 0. The third-order valence-electron chi connectivity index (χ3n) is 4.99. The van der Waals surface area contributed by atoms with Gasteiger partial charge in [-0.1, -0.05) is 6.42 Å². The molecule has 4 rings (SSSR count). The lowest BCUT2D eigenvalue weighted by molar-refractivity contribution is 0.243. The highest BCUT2D eigenvalue weighted by Gasteiger charge is 2.41. The van der Waals surface area contributed by atoms with E-state index in [1.54, 1.807) is 36.8 Å². The Balaban J connectivity index is 1.46. The van der Waals surface area contributed by atoms with Gasteiger partial charge in [-0.3, -0.25) is 4.98 Å². The number of pyridine rings is 1. The predicted octanol–water partition coefficient (Wildman–Crippen LogP) is 2.85. The molecular formula is C19H17FN8S. The number of aromatic nitrogens is 4. The van der Waals surface area contributed by atoms with Crippen LogP contribution in [0, 0.1) is 17.3 Å². The molecule has 3 heterocycles. The fraction of sp³-hybridized carbons (Fsp3) is 0.263. The minimum absolute atomic E-state index is 0.120. The number of rotatable bonds is 6. The quantitative estimate of drug-likeness (QED) is 0.365. The van der Waals surface area contributed by atoms with Crippen LogP contribution in [-0.4, -0.2) is 32.5 Å². The van der Waals surface area contributed by atoms with Crippen LogP contribution >= 0.6 is 11.3 Å². The number of thiazole rings is 1. The van der Waals surface area contributed by atoms with Crippen LogP contribution in [0.25, 0.3) is 10.7 Å². The summed E-state index contributed by atoms with van der Waals surface area (Å²) in [6.45, 7) is 0.539. The molecule has 10 heteroatoms. The Morgan fingerprint density at radius 1 is 1.31 bits per heavy atom. The van der Waals surface area contributed by atoms with Crippen molar-refractivity contribution in [3.8, 4) is 16.9 Å². The standard InChI is InChI=1S/C19H17FN8S/c20-12-3-1-8-23-16(12)19(6-2-7-19)10-25-15-5-4-13(27-28-15)18-24-9-14(29-18)17(22)26-11-21/h1,3-5,8-9H,2,6-7,10H2,(H2,22,26)(H,25,28). The van der Waals surface area contributed by atoms with Crippen LogP contribution < -0.4 is 11.1 Å². The smallest absolute Gasteiger partial charge is 0.207 e. The molecule has 1 aliphatic carbocycles. The molecule has 0 aromatic carbocycles. The van der Waals surface area contributed by atoms with Crippen LogP contribution in [0.5, 0.6) is 0 Å². The van der Waals surface area contributed by atoms with Crippen molar-refractivity contribution < 1.29 is 4.39 Å². The van der Waals surface area contributed by atoms with Gasteiger partial charge >= 0.3 is 0 Å². The second kappa shape index (κ2) is 7.89. The van der Waals surface area contributed by atoms with E-state index >= 15 is 0 Å². The molecule has 0 spiro atoms. The first-order valence-corrected chi connectivity index (χ1v) is 9.80. The van der Waals surface area contributed by atoms with Crippen LogP contribution in [0.3, 0.4) is 0 Å². The van der Waals surface area contributed by atoms with Crippen molar-refractivity contribution in [2.75, 3.05) is 11.9 Å². The van der Waals surface area contributed by atoms with Crippen LogP contribution in [-0.2, 0) is 5.41 Å². The molecule has 146 valence electrons. The van der Waals surface area contributed by atoms with Gasteiger partial charge in [-0.15, -0.1) is 21.5 Å². The molecule has 0 aliphatic heterocycles. The molecule has 0 radical (unpaired) electrons. The topological polar surface area (TPSA) is 126 Å². The predicted molar refractivity (Wildman–Crippen MR) is 108 cm³/mol. The number of nitrogens with zero attached hydrogens (tertiary/aromatic N) is 6. The van der Waals surface area contributed by atoms with E-state index in [1.807, 2.05) is 0 Å². The van der Waals surface area contributed by atoms with E-state index in [9.17, 15) is 4.39 Å². The summed E-state index contributed by atoms with van der Waals surface area (Å²) < 4.78 is 14.2. The lowest BCUT2D eigenvalue weighted by atomic mass is 9.66. The lowest BCUT2D eigenvalue weighted by Crippen LogP contribution is -2.42. The van der Waals surface area contributed by atoms with E-state index in [-0.39, 0.29) is 17.1 Å². The number of nitrogens with one attached hydrogen (secondary N) is 1. The first kappa shape index (κ1) is 18.9. The Morgan fingerprint density at radius 3 is 2.83 bits per heavy atom. The zero-order valence-corrected chi connectivity index (χ0v) is 16.2. The number of aliphatic imine (C=N–C) groups is 1. The Hall–Kier alpha value is -3.45. The molecule has 8 nitrogen and oxygen atoms in total. The minimum Gasteiger partial charge on any atom is -0.382 e. The molecule has 0 atom stereocenters.